The van der Waals surface area contributed by atoms with Crippen LogP contribution in [0.4, 0.5) is 23.2 Å². The molecule has 1 fully saturated rings. The van der Waals surface area contributed by atoms with Crippen molar-refractivity contribution in [2.45, 2.75) is 46.0 Å². The third-order valence-electron chi connectivity index (χ3n) is 7.10. The number of nitrogens with zero attached hydrogens (tertiary/aromatic N) is 2. The molecule has 1 aliphatic heterocycles. The number of carbonyl (C=O) groups excluding carboxylic acids is 1. The Labute approximate surface area is 226 Å². The van der Waals surface area contributed by atoms with Crippen LogP contribution in [0.5, 0.6) is 5.75 Å². The first-order valence-electron chi connectivity index (χ1n) is 13.1. The van der Waals surface area contributed by atoms with Gasteiger partial charge in [0, 0.05) is 37.8 Å². The van der Waals surface area contributed by atoms with Crippen LogP contribution < -0.4 is 15.4 Å². The minimum absolute atomic E-state index is 0.0881. The number of carbonyl (C=O) groups is 1. The fourth-order valence-corrected chi connectivity index (χ4v) is 5.21. The highest BCUT2D eigenvalue weighted by atomic mass is 19.4. The molecule has 0 saturated carbocycles. The van der Waals surface area contributed by atoms with Gasteiger partial charge in [-0.1, -0.05) is 36.8 Å². The number of halogens is 4. The number of para-hydroxylation sites is 1. The zero-order valence-electron chi connectivity index (χ0n) is 22.3. The van der Waals surface area contributed by atoms with Crippen molar-refractivity contribution in [2.24, 2.45) is 5.73 Å². The summed E-state index contributed by atoms with van der Waals surface area (Å²) in [6.45, 7) is 6.48. The molecular formula is C30H33F4N3O2. The zero-order chi connectivity index (χ0) is 28.3. The van der Waals surface area contributed by atoms with Crippen molar-refractivity contribution in [1.29, 1.82) is 0 Å². The van der Waals surface area contributed by atoms with Crippen LogP contribution in [0.3, 0.4) is 0 Å². The summed E-state index contributed by atoms with van der Waals surface area (Å²) in [7, 11) is 0. The van der Waals surface area contributed by atoms with Crippen molar-refractivity contribution in [3.63, 3.8) is 0 Å². The Kier molecular flexibility index (Phi) is 8.49. The van der Waals surface area contributed by atoms with E-state index in [9.17, 15) is 18.0 Å². The number of piperazine rings is 1. The predicted molar refractivity (Wildman–Crippen MR) is 144 cm³/mol. The van der Waals surface area contributed by atoms with Gasteiger partial charge < -0.3 is 20.3 Å². The second-order valence-electron chi connectivity index (χ2n) is 9.65. The molecule has 0 aliphatic carbocycles. The molecule has 1 aliphatic rings. The normalized spacial score (nSPS) is 15.9. The summed E-state index contributed by atoms with van der Waals surface area (Å²) in [5, 5.41) is 0. The monoisotopic (exact) mass is 543 g/mol. The Hall–Kier alpha value is -3.59. The lowest BCUT2D eigenvalue weighted by atomic mass is 9.97. The van der Waals surface area contributed by atoms with E-state index in [-0.39, 0.29) is 37.8 Å². The van der Waals surface area contributed by atoms with E-state index in [0.717, 1.165) is 11.6 Å². The van der Waals surface area contributed by atoms with Gasteiger partial charge in [0.25, 0.3) is 5.91 Å². The van der Waals surface area contributed by atoms with Crippen LogP contribution in [0.2, 0.25) is 0 Å². The highest BCUT2D eigenvalue weighted by molar-refractivity contribution is 5.96. The maximum absolute atomic E-state index is 15.8. The van der Waals surface area contributed by atoms with E-state index in [0.29, 0.717) is 41.2 Å². The molecule has 1 amide bonds. The van der Waals surface area contributed by atoms with E-state index in [4.69, 9.17) is 10.5 Å². The number of rotatable bonds is 7. The van der Waals surface area contributed by atoms with Gasteiger partial charge in [-0.25, -0.2) is 4.39 Å². The standard InChI is InChI=1S/C30H33F4N3O2/c1-4-22-18-36(29(38)24-11-10-19(3)14-25(24)30(32,33)34)12-13-37(22)28-21(17-35)15-20(16-26(28)31)23-8-6-7-9-27(23)39-5-2/h6-11,14-16,22H,4-5,12-13,17-18,35H2,1-3H3/t22-/m1/s1. The van der Waals surface area contributed by atoms with Crippen molar-refractivity contribution in [3.8, 4) is 16.9 Å². The highest BCUT2D eigenvalue weighted by Gasteiger charge is 2.38. The summed E-state index contributed by atoms with van der Waals surface area (Å²) in [6.07, 6.45) is -4.09. The van der Waals surface area contributed by atoms with E-state index >= 15 is 4.39 Å². The Morgan fingerprint density at radius 1 is 1.08 bits per heavy atom. The molecule has 39 heavy (non-hydrogen) atoms. The molecule has 1 saturated heterocycles. The number of alkyl halides is 3. The third kappa shape index (κ3) is 5.88. The van der Waals surface area contributed by atoms with Gasteiger partial charge in [-0.3, -0.25) is 4.79 Å². The zero-order valence-corrected chi connectivity index (χ0v) is 22.3. The first-order chi connectivity index (χ1) is 18.6. The number of hydrogen-bond donors (Lipinski definition) is 1. The lowest BCUT2D eigenvalue weighted by Crippen LogP contribution is -2.55. The van der Waals surface area contributed by atoms with E-state index in [1.807, 2.05) is 49.1 Å². The van der Waals surface area contributed by atoms with Gasteiger partial charge in [0.1, 0.15) is 11.6 Å². The molecule has 2 N–H and O–H groups in total. The van der Waals surface area contributed by atoms with Crippen molar-refractivity contribution in [3.05, 3.63) is 82.7 Å². The largest absolute Gasteiger partial charge is 0.493 e. The van der Waals surface area contributed by atoms with Gasteiger partial charge in [-0.15, -0.1) is 0 Å². The maximum Gasteiger partial charge on any atom is 0.417 e. The molecule has 1 atom stereocenters. The molecule has 208 valence electrons. The Balaban J connectivity index is 1.64. The van der Waals surface area contributed by atoms with Gasteiger partial charge in [0.2, 0.25) is 0 Å². The van der Waals surface area contributed by atoms with Crippen LogP contribution in [0.25, 0.3) is 11.1 Å². The lowest BCUT2D eigenvalue weighted by Gasteiger charge is -2.43. The van der Waals surface area contributed by atoms with Crippen LogP contribution in [0.1, 0.15) is 47.3 Å². The van der Waals surface area contributed by atoms with Crippen LogP contribution in [-0.4, -0.2) is 43.1 Å². The minimum atomic E-state index is -4.65. The molecule has 0 unspecified atom stereocenters. The first kappa shape index (κ1) is 28.4. The fourth-order valence-electron chi connectivity index (χ4n) is 5.21. The number of hydrogen-bond acceptors (Lipinski definition) is 4. The summed E-state index contributed by atoms with van der Waals surface area (Å²) in [4.78, 5) is 16.6. The second-order valence-corrected chi connectivity index (χ2v) is 9.65. The SMILES string of the molecule is CCOc1ccccc1-c1cc(F)c(N2CCN(C(=O)c3ccc(C)cc3C(F)(F)F)C[C@H]2CC)c(CN)c1. The van der Waals surface area contributed by atoms with Crippen LogP contribution in [0, 0.1) is 12.7 Å². The smallest absolute Gasteiger partial charge is 0.417 e. The predicted octanol–water partition coefficient (Wildman–Crippen LogP) is 6.42. The second kappa shape index (κ2) is 11.7. The molecule has 1 heterocycles. The number of ether oxygens (including phenoxy) is 1. The lowest BCUT2D eigenvalue weighted by molar-refractivity contribution is -0.138. The molecule has 0 aromatic heterocycles. The molecule has 0 spiro atoms. The van der Waals surface area contributed by atoms with Gasteiger partial charge in [0.05, 0.1) is 23.4 Å². The maximum atomic E-state index is 15.8. The topological polar surface area (TPSA) is 58.8 Å². The Morgan fingerprint density at radius 3 is 2.49 bits per heavy atom. The van der Waals surface area contributed by atoms with Gasteiger partial charge >= 0.3 is 6.18 Å². The Bertz CT molecular complexity index is 1340. The molecule has 4 rings (SSSR count). The van der Waals surface area contributed by atoms with Crippen molar-refractivity contribution in [2.75, 3.05) is 31.1 Å². The molecule has 0 radical (unpaired) electrons. The summed E-state index contributed by atoms with van der Waals surface area (Å²) < 4.78 is 62.6. The summed E-state index contributed by atoms with van der Waals surface area (Å²) in [6, 6.07) is 14.1. The molecule has 5 nitrogen and oxygen atoms in total. The quantitative estimate of drug-likeness (QED) is 0.350. The molecule has 0 bridgehead atoms. The summed E-state index contributed by atoms with van der Waals surface area (Å²) >= 11 is 0. The average molecular weight is 544 g/mol. The molecule has 3 aromatic carbocycles. The third-order valence-corrected chi connectivity index (χ3v) is 7.10. The Morgan fingerprint density at radius 2 is 1.82 bits per heavy atom. The van der Waals surface area contributed by atoms with Gasteiger partial charge in [-0.2, -0.15) is 13.2 Å². The van der Waals surface area contributed by atoms with Gasteiger partial charge in [0.15, 0.2) is 0 Å². The number of aryl methyl sites for hydroxylation is 1. The van der Waals surface area contributed by atoms with E-state index in [2.05, 4.69) is 0 Å². The van der Waals surface area contributed by atoms with Crippen LogP contribution in [-0.2, 0) is 12.7 Å². The van der Waals surface area contributed by atoms with E-state index in [1.54, 1.807) is 6.92 Å². The minimum Gasteiger partial charge on any atom is -0.493 e. The average Bonchev–Trinajstić information content (AvgIpc) is 2.92. The number of amides is 1. The molecule has 3 aromatic rings. The highest BCUT2D eigenvalue weighted by Crippen LogP contribution is 2.38. The molecular weight excluding hydrogens is 510 g/mol. The fraction of sp³-hybridized carbons (Fsp3) is 0.367. The van der Waals surface area contributed by atoms with Crippen molar-refractivity contribution >= 4 is 11.6 Å². The van der Waals surface area contributed by atoms with Crippen molar-refractivity contribution in [1.82, 2.24) is 4.90 Å². The number of nitrogens with two attached hydrogens (primary N) is 1. The van der Waals surface area contributed by atoms with E-state index in [1.165, 1.54) is 23.1 Å². The summed E-state index contributed by atoms with van der Waals surface area (Å²) in [5.41, 5.74) is 7.55. The van der Waals surface area contributed by atoms with Crippen LogP contribution >= 0.6 is 0 Å². The molecule has 9 heteroatoms. The van der Waals surface area contributed by atoms with Crippen LogP contribution in [0.15, 0.2) is 54.6 Å². The number of anilines is 1. The van der Waals surface area contributed by atoms with E-state index < -0.39 is 23.5 Å². The van der Waals surface area contributed by atoms with Crippen molar-refractivity contribution < 1.29 is 27.1 Å². The van der Waals surface area contributed by atoms with Gasteiger partial charge in [-0.05, 0) is 61.7 Å². The summed E-state index contributed by atoms with van der Waals surface area (Å²) in [5.74, 6) is -0.485. The first-order valence-corrected chi connectivity index (χ1v) is 13.1. The number of benzene rings is 3.